The van der Waals surface area contributed by atoms with E-state index in [0.29, 0.717) is 37.4 Å². The predicted octanol–water partition coefficient (Wildman–Crippen LogP) is 0.570. The lowest BCUT2D eigenvalue weighted by atomic mass is 10.4. The molecule has 0 aromatic carbocycles. The second-order valence-electron chi connectivity index (χ2n) is 6.35. The number of nitrogens with zero attached hydrogens (tertiary/aromatic N) is 5. The van der Waals surface area contributed by atoms with Crippen LogP contribution < -0.4 is 16.0 Å². The first-order valence-corrected chi connectivity index (χ1v) is 8.99. The molecule has 0 bridgehead atoms. The number of carbonyl (C=O) groups is 1. The van der Waals surface area contributed by atoms with Crippen LogP contribution in [0.1, 0.15) is 26.7 Å². The molecule has 3 aromatic heterocycles. The van der Waals surface area contributed by atoms with E-state index in [1.54, 1.807) is 7.05 Å². The molecule has 0 fully saturated rings. The summed E-state index contributed by atoms with van der Waals surface area (Å²) in [6.07, 6.45) is 1.36. The zero-order chi connectivity index (χ0) is 20.4. The molecule has 0 spiro atoms. The zero-order valence-electron chi connectivity index (χ0n) is 15.9. The molecule has 0 amide bonds. The highest BCUT2D eigenvalue weighted by molar-refractivity contribution is 5.75. The Kier molecular flexibility index (Phi) is 5.34. The molecule has 0 unspecified atom stereocenters. The van der Waals surface area contributed by atoms with E-state index < -0.39 is 18.1 Å². The highest BCUT2D eigenvalue weighted by atomic mass is 16.5. The van der Waals surface area contributed by atoms with Crippen LogP contribution >= 0.6 is 0 Å². The highest BCUT2D eigenvalue weighted by Crippen LogP contribution is 2.22. The molecule has 28 heavy (non-hydrogen) atoms. The van der Waals surface area contributed by atoms with Gasteiger partial charge >= 0.3 is 11.7 Å². The number of hydrogen-bond acceptors (Lipinski definition) is 6. The molecule has 11 nitrogen and oxygen atoms in total. The van der Waals surface area contributed by atoms with Crippen LogP contribution in [-0.4, -0.2) is 46.6 Å². The number of aromatic nitrogens is 6. The molecule has 0 saturated heterocycles. The Bertz CT molecular complexity index is 1140. The van der Waals surface area contributed by atoms with Gasteiger partial charge in [-0.15, -0.1) is 5.10 Å². The van der Waals surface area contributed by atoms with E-state index in [1.165, 1.54) is 19.9 Å². The molecule has 0 saturated carbocycles. The molecule has 0 radical (unpaired) electrons. The van der Waals surface area contributed by atoms with Crippen molar-refractivity contribution in [3.8, 4) is 17.4 Å². The molecule has 2 N–H and O–H groups in total. The van der Waals surface area contributed by atoms with Gasteiger partial charge < -0.3 is 14.8 Å². The summed E-state index contributed by atoms with van der Waals surface area (Å²) in [5.74, 6) is -0.656. The number of aryl methyl sites for hydroxylation is 2. The molecule has 3 aromatic rings. The van der Waals surface area contributed by atoms with Crippen molar-refractivity contribution >= 4 is 17.1 Å². The summed E-state index contributed by atoms with van der Waals surface area (Å²) in [4.78, 5) is 43.6. The van der Waals surface area contributed by atoms with Gasteiger partial charge in [0.2, 0.25) is 5.88 Å². The number of ether oxygens (including phenoxy) is 1. The van der Waals surface area contributed by atoms with Crippen LogP contribution in [0.15, 0.2) is 15.7 Å². The highest BCUT2D eigenvalue weighted by Gasteiger charge is 2.19. The number of carboxylic acids is 1. The Morgan fingerprint density at radius 3 is 2.54 bits per heavy atom. The van der Waals surface area contributed by atoms with Crippen molar-refractivity contribution in [1.29, 1.82) is 0 Å². The minimum absolute atomic E-state index is 0.120. The van der Waals surface area contributed by atoms with Crippen LogP contribution in [0.5, 0.6) is 5.88 Å². The molecular weight excluding hydrogens is 368 g/mol. The molecule has 0 aliphatic carbocycles. The van der Waals surface area contributed by atoms with E-state index in [2.05, 4.69) is 15.1 Å². The van der Waals surface area contributed by atoms with Gasteiger partial charge in [0.25, 0.3) is 5.56 Å². The number of rotatable bonds is 8. The molecule has 0 atom stereocenters. The van der Waals surface area contributed by atoms with Crippen LogP contribution in [0, 0.1) is 0 Å². The van der Waals surface area contributed by atoms with Gasteiger partial charge in [0.15, 0.2) is 18.1 Å². The number of imidazole rings is 1. The summed E-state index contributed by atoms with van der Waals surface area (Å²) in [6.45, 7) is 4.07. The Balaban J connectivity index is 2.16. The average molecular weight is 390 g/mol. The van der Waals surface area contributed by atoms with Gasteiger partial charge in [0.05, 0.1) is 0 Å². The third-order valence-corrected chi connectivity index (χ3v) is 4.20. The predicted molar refractivity (Wildman–Crippen MR) is 101 cm³/mol. The van der Waals surface area contributed by atoms with Gasteiger partial charge in [0, 0.05) is 26.2 Å². The third kappa shape index (κ3) is 3.42. The standard InChI is InChI=1S/C17H22N6O5/c1-4-6-22-15-13(16(26)23(7-5-2)17(22)27)18-14(19-15)10-8-11(20-21(10)3)28-9-12(24)25/h8H,4-7,9H2,1-3H3,(H,18,19)(H,24,25). The first-order valence-electron chi connectivity index (χ1n) is 8.99. The third-order valence-electron chi connectivity index (χ3n) is 4.20. The van der Waals surface area contributed by atoms with E-state index in [-0.39, 0.29) is 22.7 Å². The maximum atomic E-state index is 12.8. The van der Waals surface area contributed by atoms with Crippen molar-refractivity contribution in [3.63, 3.8) is 0 Å². The maximum Gasteiger partial charge on any atom is 0.341 e. The Morgan fingerprint density at radius 2 is 1.89 bits per heavy atom. The summed E-state index contributed by atoms with van der Waals surface area (Å²) in [5, 5.41) is 12.8. The number of fused-ring (bicyclic) bond motifs is 1. The van der Waals surface area contributed by atoms with Crippen LogP contribution in [0.25, 0.3) is 22.7 Å². The quantitative estimate of drug-likeness (QED) is 0.573. The number of aromatic amines is 1. The minimum Gasteiger partial charge on any atom is -0.479 e. The van der Waals surface area contributed by atoms with Gasteiger partial charge in [-0.3, -0.25) is 18.6 Å². The van der Waals surface area contributed by atoms with Crippen molar-refractivity contribution < 1.29 is 14.6 Å². The Hall–Kier alpha value is -3.37. The first-order chi connectivity index (χ1) is 13.4. The normalized spacial score (nSPS) is 11.2. The molecule has 3 rings (SSSR count). The van der Waals surface area contributed by atoms with Crippen molar-refractivity contribution in [2.45, 2.75) is 39.8 Å². The maximum absolute atomic E-state index is 12.8. The molecule has 11 heteroatoms. The van der Waals surface area contributed by atoms with Crippen LogP contribution in [0.4, 0.5) is 0 Å². The Morgan fingerprint density at radius 1 is 1.21 bits per heavy atom. The van der Waals surface area contributed by atoms with E-state index >= 15 is 0 Å². The molecule has 150 valence electrons. The number of nitrogens with one attached hydrogen (secondary N) is 1. The largest absolute Gasteiger partial charge is 0.479 e. The summed E-state index contributed by atoms with van der Waals surface area (Å²) in [7, 11) is 1.64. The van der Waals surface area contributed by atoms with Crippen LogP contribution in [-0.2, 0) is 24.9 Å². The molecular formula is C17H22N6O5. The van der Waals surface area contributed by atoms with Crippen molar-refractivity contribution in [2.24, 2.45) is 7.05 Å². The minimum atomic E-state index is -1.11. The number of carboxylic acid groups (broad SMARTS) is 1. The SMILES string of the molecule is CCCn1c(=O)c2[nH]c(-c3cc(OCC(=O)O)nn3C)nc2n(CCC)c1=O. The molecule has 0 aliphatic rings. The lowest BCUT2D eigenvalue weighted by molar-refractivity contribution is -0.139. The monoisotopic (exact) mass is 390 g/mol. The summed E-state index contributed by atoms with van der Waals surface area (Å²) in [6, 6.07) is 1.52. The van der Waals surface area contributed by atoms with Crippen molar-refractivity contribution in [2.75, 3.05) is 6.61 Å². The van der Waals surface area contributed by atoms with Gasteiger partial charge in [-0.1, -0.05) is 13.8 Å². The number of H-pyrrole nitrogens is 1. The molecule has 3 heterocycles. The lowest BCUT2D eigenvalue weighted by Gasteiger charge is -2.09. The fraction of sp³-hybridized carbons (Fsp3) is 0.471. The second kappa shape index (κ2) is 7.71. The van der Waals surface area contributed by atoms with Crippen LogP contribution in [0.2, 0.25) is 0 Å². The fourth-order valence-electron chi connectivity index (χ4n) is 3.00. The topological polar surface area (TPSA) is 137 Å². The first kappa shape index (κ1) is 19.4. The average Bonchev–Trinajstić information content (AvgIpc) is 3.24. The smallest absolute Gasteiger partial charge is 0.341 e. The van der Waals surface area contributed by atoms with Crippen LogP contribution in [0.3, 0.4) is 0 Å². The van der Waals surface area contributed by atoms with E-state index in [9.17, 15) is 14.4 Å². The lowest BCUT2D eigenvalue weighted by Crippen LogP contribution is -2.40. The van der Waals surface area contributed by atoms with Crippen molar-refractivity contribution in [3.05, 3.63) is 26.9 Å². The molecule has 0 aliphatic heterocycles. The fourth-order valence-corrected chi connectivity index (χ4v) is 3.00. The van der Waals surface area contributed by atoms with Gasteiger partial charge in [-0.2, -0.15) is 0 Å². The zero-order valence-corrected chi connectivity index (χ0v) is 15.9. The van der Waals surface area contributed by atoms with E-state index in [0.717, 1.165) is 0 Å². The summed E-state index contributed by atoms with van der Waals surface area (Å²) < 4.78 is 9.25. The second-order valence-corrected chi connectivity index (χ2v) is 6.35. The Labute approximate surface area is 159 Å². The van der Waals surface area contributed by atoms with Gasteiger partial charge in [0.1, 0.15) is 11.2 Å². The van der Waals surface area contributed by atoms with Gasteiger partial charge in [-0.05, 0) is 12.8 Å². The number of aliphatic carboxylic acids is 1. The van der Waals surface area contributed by atoms with E-state index in [1.807, 2.05) is 13.8 Å². The van der Waals surface area contributed by atoms with Crippen molar-refractivity contribution in [1.82, 2.24) is 28.9 Å². The van der Waals surface area contributed by atoms with Gasteiger partial charge in [-0.25, -0.2) is 14.6 Å². The summed E-state index contributed by atoms with van der Waals surface area (Å²) >= 11 is 0. The summed E-state index contributed by atoms with van der Waals surface area (Å²) in [5.41, 5.74) is 0.222. The van der Waals surface area contributed by atoms with E-state index in [4.69, 9.17) is 9.84 Å². The number of hydrogen-bond donors (Lipinski definition) is 2.